The van der Waals surface area contributed by atoms with Crippen LogP contribution in [0.5, 0.6) is 11.8 Å². The second-order valence-corrected chi connectivity index (χ2v) is 8.10. The summed E-state index contributed by atoms with van der Waals surface area (Å²) in [4.78, 5) is 27.4. The minimum Gasteiger partial charge on any atom is -0.489 e. The number of amides is 1. The summed E-state index contributed by atoms with van der Waals surface area (Å²) >= 11 is 0. The normalized spacial score (nSPS) is 14.8. The van der Waals surface area contributed by atoms with Crippen molar-refractivity contribution in [1.29, 1.82) is 5.26 Å². The summed E-state index contributed by atoms with van der Waals surface area (Å²) in [5.41, 5.74) is 6.53. The summed E-state index contributed by atoms with van der Waals surface area (Å²) in [6.07, 6.45) is 2.89. The first-order valence-corrected chi connectivity index (χ1v) is 11.3. The van der Waals surface area contributed by atoms with Crippen molar-refractivity contribution in [1.82, 2.24) is 20.3 Å². The third kappa shape index (κ3) is 6.68. The monoisotopic (exact) mass is 469 g/mol. The second-order valence-electron chi connectivity index (χ2n) is 8.10. The largest absolute Gasteiger partial charge is 0.489 e. The number of carbonyl (C=O) groups excluding carboxylic acids is 1. The number of nitrogen functional groups attached to an aromatic ring is 1. The molecule has 0 saturated carbocycles. The Bertz CT molecular complexity index is 1020. The van der Waals surface area contributed by atoms with Crippen LogP contribution >= 0.6 is 0 Å². The van der Waals surface area contributed by atoms with E-state index in [9.17, 15) is 4.79 Å². The number of nitrogens with two attached hydrogens (primary N) is 1. The molecule has 3 heterocycles. The average Bonchev–Trinajstić information content (AvgIpc) is 2.84. The van der Waals surface area contributed by atoms with Gasteiger partial charge < -0.3 is 30.2 Å². The van der Waals surface area contributed by atoms with Crippen molar-refractivity contribution >= 4 is 17.5 Å². The molecular formula is C23H31N7O4. The predicted octanol–water partition coefficient (Wildman–Crippen LogP) is 1.78. The maximum absolute atomic E-state index is 12.4. The van der Waals surface area contributed by atoms with E-state index in [4.69, 9.17) is 25.2 Å². The smallest absolute Gasteiger partial charge is 0.319 e. The molecular weight excluding hydrogens is 438 g/mol. The molecule has 0 aromatic carbocycles. The zero-order valence-electron chi connectivity index (χ0n) is 19.8. The Morgan fingerprint density at radius 3 is 2.79 bits per heavy atom. The van der Waals surface area contributed by atoms with Crippen LogP contribution in [0.1, 0.15) is 42.7 Å². The molecule has 1 aliphatic rings. The van der Waals surface area contributed by atoms with Gasteiger partial charge in [-0.15, -0.1) is 0 Å². The molecule has 1 amide bonds. The van der Waals surface area contributed by atoms with Gasteiger partial charge in [0.2, 0.25) is 0 Å². The maximum Gasteiger partial charge on any atom is 0.319 e. The van der Waals surface area contributed by atoms with Crippen LogP contribution in [0.25, 0.3) is 0 Å². The van der Waals surface area contributed by atoms with E-state index < -0.39 is 0 Å². The molecule has 0 radical (unpaired) electrons. The van der Waals surface area contributed by atoms with Crippen LogP contribution in [-0.4, -0.2) is 66.9 Å². The summed E-state index contributed by atoms with van der Waals surface area (Å²) < 4.78 is 16.8. The third-order valence-electron chi connectivity index (χ3n) is 5.39. The second kappa shape index (κ2) is 12.0. The lowest BCUT2D eigenvalue weighted by Gasteiger charge is -2.33. The zero-order chi connectivity index (χ0) is 24.5. The molecule has 3 N–H and O–H groups in total. The minimum absolute atomic E-state index is 0.147. The number of piperidine rings is 1. The van der Waals surface area contributed by atoms with Crippen LogP contribution < -0.4 is 25.4 Å². The standard InChI is InChI=1S/C23H31N7O4/c1-4-26-22(31)18-10-20(29-23(28-18)34-15(2)13-32-3)30-7-5-16(6-8-30)14-33-19-9-17(11-24)12-27-21(19)25/h9-10,12,15-16H,4-8,13-14H2,1-3H3,(H2,25,27)(H,26,31)/t15-/m1/s1. The van der Waals surface area contributed by atoms with E-state index in [0.29, 0.717) is 42.8 Å². The highest BCUT2D eigenvalue weighted by Crippen LogP contribution is 2.26. The molecule has 0 bridgehead atoms. The predicted molar refractivity (Wildman–Crippen MR) is 126 cm³/mol. The molecule has 11 nitrogen and oxygen atoms in total. The first-order valence-electron chi connectivity index (χ1n) is 11.3. The van der Waals surface area contributed by atoms with Crippen molar-refractivity contribution < 1.29 is 19.0 Å². The van der Waals surface area contributed by atoms with Gasteiger partial charge >= 0.3 is 6.01 Å². The molecule has 0 unspecified atom stereocenters. The Morgan fingerprint density at radius 1 is 1.35 bits per heavy atom. The van der Waals surface area contributed by atoms with E-state index in [1.807, 2.05) is 19.9 Å². The molecule has 3 rings (SSSR count). The fourth-order valence-corrected chi connectivity index (χ4v) is 3.61. The lowest BCUT2D eigenvalue weighted by atomic mass is 9.98. The lowest BCUT2D eigenvalue weighted by molar-refractivity contribution is 0.0843. The SMILES string of the molecule is CCNC(=O)c1cc(N2CCC(COc3cc(C#N)cnc3N)CC2)nc(O[C@H](C)COC)n1. The van der Waals surface area contributed by atoms with E-state index >= 15 is 0 Å². The summed E-state index contributed by atoms with van der Waals surface area (Å²) in [5, 5.41) is 11.8. The molecule has 2 aromatic rings. The molecule has 1 atom stereocenters. The van der Waals surface area contributed by atoms with Crippen LogP contribution in [0.3, 0.4) is 0 Å². The van der Waals surface area contributed by atoms with E-state index in [-0.39, 0.29) is 29.5 Å². The summed E-state index contributed by atoms with van der Waals surface area (Å²) in [6.45, 7) is 6.53. The highest BCUT2D eigenvalue weighted by molar-refractivity contribution is 5.93. The van der Waals surface area contributed by atoms with Crippen LogP contribution in [0.15, 0.2) is 18.3 Å². The molecule has 1 saturated heterocycles. The fourth-order valence-electron chi connectivity index (χ4n) is 3.61. The van der Waals surface area contributed by atoms with Gasteiger partial charge in [-0.1, -0.05) is 0 Å². The van der Waals surface area contributed by atoms with Gasteiger partial charge in [-0.05, 0) is 32.6 Å². The highest BCUT2D eigenvalue weighted by Gasteiger charge is 2.24. The van der Waals surface area contributed by atoms with Crippen molar-refractivity contribution in [3.8, 4) is 17.8 Å². The van der Waals surface area contributed by atoms with Crippen LogP contribution in [-0.2, 0) is 4.74 Å². The van der Waals surface area contributed by atoms with Crippen molar-refractivity contribution in [2.45, 2.75) is 32.8 Å². The van der Waals surface area contributed by atoms with E-state index in [1.54, 1.807) is 19.2 Å². The van der Waals surface area contributed by atoms with Crippen molar-refractivity contribution in [2.75, 3.05) is 50.6 Å². The van der Waals surface area contributed by atoms with E-state index in [2.05, 4.69) is 25.2 Å². The zero-order valence-corrected chi connectivity index (χ0v) is 19.8. The number of nitrogens with zero attached hydrogens (tertiary/aromatic N) is 5. The molecule has 1 fully saturated rings. The number of rotatable bonds is 10. The van der Waals surface area contributed by atoms with Crippen LogP contribution in [0.4, 0.5) is 11.6 Å². The van der Waals surface area contributed by atoms with Crippen LogP contribution in [0.2, 0.25) is 0 Å². The number of carbonyl (C=O) groups is 1. The molecule has 11 heteroatoms. The number of hydrogen-bond acceptors (Lipinski definition) is 10. The third-order valence-corrected chi connectivity index (χ3v) is 5.39. The number of methoxy groups -OCH3 is 1. The van der Waals surface area contributed by atoms with Gasteiger partial charge in [-0.3, -0.25) is 4.79 Å². The summed E-state index contributed by atoms with van der Waals surface area (Å²) in [7, 11) is 1.59. The first-order chi connectivity index (χ1) is 16.4. The molecule has 34 heavy (non-hydrogen) atoms. The van der Waals surface area contributed by atoms with Gasteiger partial charge in [0.15, 0.2) is 11.6 Å². The Balaban J connectivity index is 1.65. The van der Waals surface area contributed by atoms with Crippen molar-refractivity contribution in [3.05, 3.63) is 29.6 Å². The Kier molecular flexibility index (Phi) is 8.81. The van der Waals surface area contributed by atoms with Gasteiger partial charge in [0, 0.05) is 45.1 Å². The van der Waals surface area contributed by atoms with Gasteiger partial charge in [0.05, 0.1) is 18.8 Å². The van der Waals surface area contributed by atoms with Gasteiger partial charge in [-0.25, -0.2) is 4.98 Å². The van der Waals surface area contributed by atoms with Gasteiger partial charge in [-0.2, -0.15) is 15.2 Å². The van der Waals surface area contributed by atoms with Crippen LogP contribution in [0, 0.1) is 17.2 Å². The molecule has 2 aromatic heterocycles. The molecule has 1 aliphatic heterocycles. The van der Waals surface area contributed by atoms with Gasteiger partial charge in [0.1, 0.15) is 23.7 Å². The number of hydrogen-bond donors (Lipinski definition) is 2. The number of nitriles is 1. The number of nitrogens with one attached hydrogen (secondary N) is 1. The molecule has 182 valence electrons. The molecule has 0 spiro atoms. The lowest BCUT2D eigenvalue weighted by Crippen LogP contribution is -2.36. The van der Waals surface area contributed by atoms with Gasteiger partial charge in [0.25, 0.3) is 5.91 Å². The number of anilines is 2. The summed E-state index contributed by atoms with van der Waals surface area (Å²) in [5.74, 6) is 1.37. The molecule has 0 aliphatic carbocycles. The Labute approximate surface area is 199 Å². The van der Waals surface area contributed by atoms with Crippen molar-refractivity contribution in [2.24, 2.45) is 5.92 Å². The summed E-state index contributed by atoms with van der Waals surface area (Å²) in [6, 6.07) is 5.48. The average molecular weight is 470 g/mol. The fraction of sp³-hybridized carbons (Fsp3) is 0.522. The Morgan fingerprint density at radius 2 is 2.12 bits per heavy atom. The quantitative estimate of drug-likeness (QED) is 0.527. The topological polar surface area (TPSA) is 149 Å². The van der Waals surface area contributed by atoms with E-state index in [1.165, 1.54) is 6.20 Å². The van der Waals surface area contributed by atoms with E-state index in [0.717, 1.165) is 25.9 Å². The number of ether oxygens (including phenoxy) is 3. The van der Waals surface area contributed by atoms with Crippen molar-refractivity contribution in [3.63, 3.8) is 0 Å². The first kappa shape index (κ1) is 25.0. The minimum atomic E-state index is -0.274. The maximum atomic E-state index is 12.4. The number of aromatic nitrogens is 3. The number of pyridine rings is 1. The highest BCUT2D eigenvalue weighted by atomic mass is 16.5. The Hall–Kier alpha value is -3.65.